The highest BCUT2D eigenvalue weighted by molar-refractivity contribution is 7.95. The van der Waals surface area contributed by atoms with Crippen LogP contribution in [-0.4, -0.2) is 5.16 Å². The molecule has 0 aliphatic carbocycles. The van der Waals surface area contributed by atoms with E-state index >= 15 is 0 Å². The summed E-state index contributed by atoms with van der Waals surface area (Å²) in [7, 11) is 0. The van der Waals surface area contributed by atoms with Gasteiger partial charge in [0.1, 0.15) is 5.76 Å². The Morgan fingerprint density at radius 2 is 2.06 bits per heavy atom. The highest BCUT2D eigenvalue weighted by Gasteiger charge is 2.12. The molecule has 0 aliphatic heterocycles. The molecule has 0 aliphatic rings. The summed E-state index contributed by atoms with van der Waals surface area (Å²) in [5, 5.41) is 3.95. The summed E-state index contributed by atoms with van der Waals surface area (Å²) in [6.07, 6.45) is 0. The molecule has 90 valence electrons. The lowest BCUT2D eigenvalue weighted by Gasteiger charge is -2.06. The molecule has 5 heteroatoms. The van der Waals surface area contributed by atoms with Crippen LogP contribution in [0.15, 0.2) is 27.6 Å². The van der Waals surface area contributed by atoms with Gasteiger partial charge < -0.3 is 4.52 Å². The van der Waals surface area contributed by atoms with Crippen molar-refractivity contribution in [1.29, 1.82) is 0 Å². The van der Waals surface area contributed by atoms with Crippen LogP contribution in [0.3, 0.4) is 0 Å². The number of nitrogens with zero attached hydrogens (tertiary/aromatic N) is 1. The van der Waals surface area contributed by atoms with Gasteiger partial charge in [-0.05, 0) is 38.0 Å². The second-order valence-corrected chi connectivity index (χ2v) is 4.94. The molecule has 0 radical (unpaired) electrons. The number of benzene rings is 1. The van der Waals surface area contributed by atoms with Gasteiger partial charge in [-0.25, -0.2) is 3.74 Å². The van der Waals surface area contributed by atoms with Crippen LogP contribution in [0, 0.1) is 20.8 Å². The third-order valence-corrected chi connectivity index (χ3v) is 3.50. The first-order chi connectivity index (χ1) is 8.13. The zero-order chi connectivity index (χ0) is 12.4. The molecule has 1 aromatic carbocycles. The van der Waals surface area contributed by atoms with Crippen molar-refractivity contribution in [3.63, 3.8) is 0 Å². The molecule has 0 atom stereocenters. The van der Waals surface area contributed by atoms with Crippen LogP contribution in [0.5, 0.6) is 0 Å². The number of hydrogen-bond donors (Lipinski definition) is 0. The maximum atomic E-state index is 5.28. The van der Waals surface area contributed by atoms with E-state index in [1.54, 1.807) is 0 Å². The quantitative estimate of drug-likeness (QED) is 0.772. The van der Waals surface area contributed by atoms with Gasteiger partial charge in [0.2, 0.25) is 0 Å². The second-order valence-electron chi connectivity index (χ2n) is 3.83. The maximum absolute atomic E-state index is 5.28. The summed E-state index contributed by atoms with van der Waals surface area (Å²) < 4.78 is 9.76. The molecule has 2 aromatic rings. The zero-order valence-corrected chi connectivity index (χ0v) is 11.4. The minimum Gasteiger partial charge on any atom is -0.361 e. The number of aryl methyl sites for hydroxylation is 3. The van der Waals surface area contributed by atoms with Gasteiger partial charge in [-0.2, -0.15) is 0 Å². The molecule has 0 fully saturated rings. The van der Waals surface area contributed by atoms with Crippen LogP contribution in [0.2, 0.25) is 0 Å². The third kappa shape index (κ3) is 2.49. The summed E-state index contributed by atoms with van der Waals surface area (Å²) >= 11 is 6.42. The molecule has 0 N–H and O–H groups in total. The Kier molecular flexibility index (Phi) is 3.76. The highest BCUT2D eigenvalue weighted by atomic mass is 35.5. The van der Waals surface area contributed by atoms with Crippen molar-refractivity contribution < 1.29 is 8.26 Å². The van der Waals surface area contributed by atoms with Crippen LogP contribution in [0.25, 0.3) is 11.1 Å². The molecule has 0 spiro atoms. The first-order valence-electron chi connectivity index (χ1n) is 5.12. The number of rotatable bonds is 3. The summed E-state index contributed by atoms with van der Waals surface area (Å²) in [6.45, 7) is 5.84. The van der Waals surface area contributed by atoms with Crippen molar-refractivity contribution >= 4 is 23.9 Å². The van der Waals surface area contributed by atoms with Crippen LogP contribution in [-0.2, 0) is 3.74 Å². The van der Waals surface area contributed by atoms with Gasteiger partial charge in [0.25, 0.3) is 0 Å². The molecule has 0 bridgehead atoms. The Hall–Kier alpha value is -0.970. The van der Waals surface area contributed by atoms with E-state index in [1.165, 1.54) is 0 Å². The average molecular weight is 270 g/mol. The van der Waals surface area contributed by atoms with Gasteiger partial charge in [-0.1, -0.05) is 17.3 Å². The molecule has 1 heterocycles. The summed E-state index contributed by atoms with van der Waals surface area (Å²) in [4.78, 5) is 0.984. The molecular weight excluding hydrogens is 258 g/mol. The fourth-order valence-corrected chi connectivity index (χ4v) is 2.42. The van der Waals surface area contributed by atoms with Crippen molar-refractivity contribution in [2.24, 2.45) is 0 Å². The zero-order valence-electron chi connectivity index (χ0n) is 9.78. The Labute approximate surface area is 109 Å². The van der Waals surface area contributed by atoms with Gasteiger partial charge in [0.15, 0.2) is 0 Å². The van der Waals surface area contributed by atoms with Gasteiger partial charge in [0, 0.05) is 10.5 Å². The normalized spacial score (nSPS) is 10.8. The Morgan fingerprint density at radius 1 is 1.29 bits per heavy atom. The maximum Gasteiger partial charge on any atom is 0.141 e. The van der Waals surface area contributed by atoms with Crippen molar-refractivity contribution in [3.05, 3.63) is 35.2 Å². The van der Waals surface area contributed by atoms with Gasteiger partial charge >= 0.3 is 0 Å². The van der Waals surface area contributed by atoms with E-state index in [4.69, 9.17) is 16.4 Å². The van der Waals surface area contributed by atoms with E-state index in [1.807, 2.05) is 39.0 Å². The van der Waals surface area contributed by atoms with Crippen molar-refractivity contribution in [3.8, 4) is 11.1 Å². The summed E-state index contributed by atoms with van der Waals surface area (Å²) in [5.74, 6) is 0.814. The molecule has 17 heavy (non-hydrogen) atoms. The molecule has 1 aromatic heterocycles. The van der Waals surface area contributed by atoms with Gasteiger partial charge in [-0.3, -0.25) is 0 Å². The van der Waals surface area contributed by atoms with E-state index in [0.29, 0.717) is 0 Å². The van der Waals surface area contributed by atoms with Crippen molar-refractivity contribution in [2.75, 3.05) is 0 Å². The smallest absolute Gasteiger partial charge is 0.141 e. The van der Waals surface area contributed by atoms with E-state index in [9.17, 15) is 0 Å². The predicted octanol–water partition coefficient (Wildman–Crippen LogP) is 4.44. The monoisotopic (exact) mass is 269 g/mol. The largest absolute Gasteiger partial charge is 0.361 e. The van der Waals surface area contributed by atoms with E-state index in [0.717, 1.165) is 45.1 Å². The molecule has 0 amide bonds. The van der Waals surface area contributed by atoms with E-state index < -0.39 is 0 Å². The second kappa shape index (κ2) is 5.12. The number of hydrogen-bond acceptors (Lipinski definition) is 4. The lowest BCUT2D eigenvalue weighted by atomic mass is 10.0. The molecule has 3 nitrogen and oxygen atoms in total. The topological polar surface area (TPSA) is 35.3 Å². The minimum atomic E-state index is 0.814. The van der Waals surface area contributed by atoms with Crippen molar-refractivity contribution in [1.82, 2.24) is 5.16 Å². The Bertz CT molecular complexity index is 520. The highest BCUT2D eigenvalue weighted by Crippen LogP contribution is 2.32. The van der Waals surface area contributed by atoms with E-state index in [-0.39, 0.29) is 0 Å². The van der Waals surface area contributed by atoms with E-state index in [2.05, 4.69) is 8.89 Å². The van der Waals surface area contributed by atoms with Crippen LogP contribution in [0.1, 0.15) is 17.0 Å². The van der Waals surface area contributed by atoms with Gasteiger partial charge in [0.05, 0.1) is 29.6 Å². The number of aromatic nitrogens is 1. The lowest BCUT2D eigenvalue weighted by molar-refractivity contribution is 0.393. The molecule has 0 unspecified atom stereocenters. The fourth-order valence-electron chi connectivity index (χ4n) is 1.77. The molecule has 0 saturated heterocycles. The lowest BCUT2D eigenvalue weighted by Crippen LogP contribution is -1.85. The van der Waals surface area contributed by atoms with Crippen LogP contribution >= 0.6 is 23.9 Å². The predicted molar refractivity (Wildman–Crippen MR) is 68.9 cm³/mol. The minimum absolute atomic E-state index is 0.814. The van der Waals surface area contributed by atoms with Crippen LogP contribution < -0.4 is 0 Å². The first-order valence-corrected chi connectivity index (χ1v) is 6.17. The van der Waals surface area contributed by atoms with Gasteiger partial charge in [-0.15, -0.1) is 0 Å². The Morgan fingerprint density at radius 3 is 2.65 bits per heavy atom. The summed E-state index contributed by atoms with van der Waals surface area (Å²) in [5.41, 5.74) is 4.09. The molecular formula is C12H12ClNO2S. The standard InChI is InChI=1S/C12H12ClNO2S/c1-7-4-5-10(6-11(7)17-16-13)12-8(2)14-15-9(12)3/h4-6H,1-3H3. The average Bonchev–Trinajstić information content (AvgIpc) is 2.63. The number of halogens is 1. The first kappa shape index (κ1) is 12.5. The molecule has 0 saturated carbocycles. The fraction of sp³-hybridized carbons (Fsp3) is 0.250. The van der Waals surface area contributed by atoms with Crippen molar-refractivity contribution in [2.45, 2.75) is 25.7 Å². The Balaban J connectivity index is 2.50. The summed E-state index contributed by atoms with van der Waals surface area (Å²) in [6, 6.07) is 6.09. The molecule has 2 rings (SSSR count). The third-order valence-electron chi connectivity index (χ3n) is 2.63. The van der Waals surface area contributed by atoms with Crippen LogP contribution in [0.4, 0.5) is 0 Å². The SMILES string of the molecule is Cc1ccc(-c2c(C)noc2C)cc1SOCl.